The summed E-state index contributed by atoms with van der Waals surface area (Å²) in [6.45, 7) is 5.65. The van der Waals surface area contributed by atoms with E-state index in [1.165, 1.54) is 0 Å². The second-order valence-corrected chi connectivity index (χ2v) is 5.88. The molecule has 7 heteroatoms. The van der Waals surface area contributed by atoms with Crippen molar-refractivity contribution < 1.29 is 17.4 Å². The molecule has 1 aromatic heterocycles. The van der Waals surface area contributed by atoms with E-state index in [9.17, 15) is 22.2 Å². The van der Waals surface area contributed by atoms with Gasteiger partial charge in [-0.05, 0) is 56.7 Å². The zero-order chi connectivity index (χ0) is 16.2. The zero-order valence-electron chi connectivity index (χ0n) is 11.8. The van der Waals surface area contributed by atoms with E-state index in [0.29, 0.717) is 0 Å². The fraction of sp³-hybridized carbons (Fsp3) is 0.214. The lowest BCUT2D eigenvalue weighted by molar-refractivity contribution is 0.414. The van der Waals surface area contributed by atoms with Crippen LogP contribution < -0.4 is 5.56 Å². The summed E-state index contributed by atoms with van der Waals surface area (Å²) in [4.78, 5) is 13.3. The number of aromatic nitrogens is 1. The predicted octanol–water partition coefficient (Wildman–Crippen LogP) is 2.25. The second-order valence-electron chi connectivity index (χ2n) is 4.50. The van der Waals surface area contributed by atoms with Crippen molar-refractivity contribution in [3.8, 4) is 0 Å². The fourth-order valence-electron chi connectivity index (χ4n) is 1.52. The summed E-state index contributed by atoms with van der Waals surface area (Å²) >= 11 is 0. The quantitative estimate of drug-likeness (QED) is 0.876. The van der Waals surface area contributed by atoms with Gasteiger partial charge in [0.15, 0.2) is 0 Å². The third kappa shape index (κ3) is 5.13. The maximum atomic E-state index is 12.2. The Morgan fingerprint density at radius 3 is 2.00 bits per heavy atom. The van der Waals surface area contributed by atoms with Crippen molar-refractivity contribution in [2.75, 3.05) is 0 Å². The second kappa shape index (κ2) is 6.64. The Kier molecular flexibility index (Phi) is 5.40. The van der Waals surface area contributed by atoms with Gasteiger partial charge < -0.3 is 4.98 Å². The van der Waals surface area contributed by atoms with E-state index in [-0.39, 0.29) is 5.56 Å². The lowest BCUT2D eigenvalue weighted by Crippen LogP contribution is -2.11. The lowest BCUT2D eigenvalue weighted by atomic mass is 10.1. The van der Waals surface area contributed by atoms with Crippen LogP contribution in [0.2, 0.25) is 0 Å². The minimum atomic E-state index is -4.44. The van der Waals surface area contributed by atoms with E-state index in [1.54, 1.807) is 0 Å². The molecule has 113 valence electrons. The summed E-state index contributed by atoms with van der Waals surface area (Å²) in [5.74, 6) is -0.572. The van der Waals surface area contributed by atoms with Gasteiger partial charge in [0, 0.05) is 11.3 Å². The van der Waals surface area contributed by atoms with E-state index in [1.807, 2.05) is 26.8 Å². The number of nitrogens with one attached hydrogen (secondary N) is 1. The third-order valence-electron chi connectivity index (χ3n) is 2.78. The molecule has 0 unspecified atom stereocenters. The molecule has 1 N–H and O–H groups in total. The first-order chi connectivity index (χ1) is 9.61. The Balaban J connectivity index is 0.000000211. The van der Waals surface area contributed by atoms with Crippen LogP contribution in [0, 0.1) is 26.6 Å². The van der Waals surface area contributed by atoms with Crippen LogP contribution in [-0.4, -0.2) is 13.4 Å². The first-order valence-corrected chi connectivity index (χ1v) is 7.40. The van der Waals surface area contributed by atoms with E-state index >= 15 is 0 Å². The lowest BCUT2D eigenvalue weighted by Gasteiger charge is -1.98. The molecule has 21 heavy (non-hydrogen) atoms. The number of hydrogen-bond acceptors (Lipinski definition) is 3. The summed E-state index contributed by atoms with van der Waals surface area (Å²) < 4.78 is 43.0. The molecular formula is C14H15FNO4S. The van der Waals surface area contributed by atoms with Crippen molar-refractivity contribution in [1.29, 1.82) is 0 Å². The molecule has 0 saturated carbocycles. The van der Waals surface area contributed by atoms with Gasteiger partial charge >= 0.3 is 10.1 Å². The zero-order valence-corrected chi connectivity index (χ0v) is 12.6. The monoisotopic (exact) mass is 312 g/mol. The van der Waals surface area contributed by atoms with Crippen molar-refractivity contribution in [3.05, 3.63) is 63.3 Å². The van der Waals surface area contributed by atoms with Crippen molar-refractivity contribution in [2.24, 2.45) is 0 Å². The van der Waals surface area contributed by atoms with Crippen LogP contribution in [0.1, 0.15) is 16.8 Å². The van der Waals surface area contributed by atoms with Gasteiger partial charge in [-0.25, -0.2) is 4.39 Å². The van der Waals surface area contributed by atoms with Crippen LogP contribution in [0.3, 0.4) is 0 Å². The van der Waals surface area contributed by atoms with Gasteiger partial charge in [-0.2, -0.15) is 8.42 Å². The third-order valence-corrected chi connectivity index (χ3v) is 3.63. The van der Waals surface area contributed by atoms with Gasteiger partial charge in [0.25, 0.3) is 5.56 Å². The Bertz CT molecular complexity index is 780. The summed E-state index contributed by atoms with van der Waals surface area (Å²) in [5.41, 5.74) is 2.82. The molecule has 2 aromatic rings. The minimum Gasteiger partial charge on any atom is -0.326 e. The van der Waals surface area contributed by atoms with Gasteiger partial charge in [0.05, 0.1) is 4.90 Å². The van der Waals surface area contributed by atoms with Crippen LogP contribution in [0.5, 0.6) is 0 Å². The molecule has 1 radical (unpaired) electrons. The number of rotatable bonds is 1. The van der Waals surface area contributed by atoms with E-state index in [0.717, 1.165) is 41.1 Å². The highest BCUT2D eigenvalue weighted by Gasteiger charge is 2.09. The molecule has 0 aliphatic rings. The van der Waals surface area contributed by atoms with E-state index in [4.69, 9.17) is 0 Å². The molecule has 1 aromatic carbocycles. The Hall–Kier alpha value is -1.99. The average Bonchev–Trinajstić information content (AvgIpc) is 2.36. The molecular weight excluding hydrogens is 297 g/mol. The Labute approximate surface area is 122 Å². The molecule has 1 heterocycles. The smallest absolute Gasteiger partial charge is 0.324 e. The van der Waals surface area contributed by atoms with Crippen LogP contribution in [0.25, 0.3) is 0 Å². The van der Waals surface area contributed by atoms with Crippen LogP contribution in [0.15, 0.2) is 40.0 Å². The highest BCUT2D eigenvalue weighted by Crippen LogP contribution is 2.08. The van der Waals surface area contributed by atoms with Crippen LogP contribution in [-0.2, 0) is 14.7 Å². The highest BCUT2D eigenvalue weighted by atomic mass is 32.2. The number of aryl methyl sites for hydroxylation is 2. The number of hydrogen-bond donors (Lipinski definition) is 1. The SMILES string of the molecule is Cc1cc(C)c(C)c(=O)[nH]1.[O]S(=O)(=O)c1ccc(F)cc1. The maximum Gasteiger partial charge on any atom is 0.324 e. The fourth-order valence-corrected chi connectivity index (χ4v) is 1.99. The molecule has 0 fully saturated rings. The number of aromatic amines is 1. The Morgan fingerprint density at radius 1 is 1.05 bits per heavy atom. The summed E-state index contributed by atoms with van der Waals surface area (Å²) in [5, 5.41) is 0. The topological polar surface area (TPSA) is 86.9 Å². The van der Waals surface area contributed by atoms with Crippen molar-refractivity contribution in [1.82, 2.24) is 4.98 Å². The molecule has 0 bridgehead atoms. The van der Waals surface area contributed by atoms with Crippen molar-refractivity contribution in [3.63, 3.8) is 0 Å². The first-order valence-electron chi connectivity index (χ1n) is 6.00. The van der Waals surface area contributed by atoms with Gasteiger partial charge in [0.1, 0.15) is 5.82 Å². The van der Waals surface area contributed by atoms with Gasteiger partial charge in [0.2, 0.25) is 0 Å². The molecule has 0 spiro atoms. The largest absolute Gasteiger partial charge is 0.326 e. The standard InChI is InChI=1S/C8H11NO.C6H4FO3S/c1-5-4-6(2)9-8(10)7(5)3;7-5-1-3-6(4-2-5)11(8,9)10/h4H,1-3H3,(H,9,10);1-4H. The van der Waals surface area contributed by atoms with E-state index < -0.39 is 20.8 Å². The average molecular weight is 312 g/mol. The molecule has 0 saturated heterocycles. The van der Waals surface area contributed by atoms with Crippen LogP contribution in [0.4, 0.5) is 4.39 Å². The van der Waals surface area contributed by atoms with Gasteiger partial charge in [-0.3, -0.25) is 4.79 Å². The number of halogens is 1. The molecule has 0 amide bonds. The molecule has 2 rings (SSSR count). The number of benzene rings is 1. The number of pyridine rings is 1. The number of H-pyrrole nitrogens is 1. The highest BCUT2D eigenvalue weighted by molar-refractivity contribution is 7.85. The normalized spacial score (nSPS) is 10.7. The first kappa shape index (κ1) is 17.1. The molecule has 0 aliphatic heterocycles. The van der Waals surface area contributed by atoms with E-state index in [2.05, 4.69) is 4.98 Å². The summed E-state index contributed by atoms with van der Waals surface area (Å²) in [6, 6.07) is 5.67. The van der Waals surface area contributed by atoms with Crippen molar-refractivity contribution >= 4 is 10.1 Å². The van der Waals surface area contributed by atoms with Crippen molar-refractivity contribution in [2.45, 2.75) is 25.7 Å². The molecule has 0 aliphatic carbocycles. The summed E-state index contributed by atoms with van der Waals surface area (Å²) in [6.07, 6.45) is 0. The molecule has 0 atom stereocenters. The maximum absolute atomic E-state index is 12.2. The summed E-state index contributed by atoms with van der Waals surface area (Å²) in [7, 11) is -4.44. The minimum absolute atomic E-state index is 0.0255. The van der Waals surface area contributed by atoms with Gasteiger partial charge in [-0.15, -0.1) is 0 Å². The molecule has 5 nitrogen and oxygen atoms in total. The Morgan fingerprint density at radius 2 is 1.57 bits per heavy atom. The van der Waals surface area contributed by atoms with Crippen LogP contribution >= 0.6 is 0 Å². The predicted molar refractivity (Wildman–Crippen MR) is 75.5 cm³/mol. The van der Waals surface area contributed by atoms with Gasteiger partial charge in [-0.1, -0.05) is 4.55 Å².